The van der Waals surface area contributed by atoms with E-state index in [2.05, 4.69) is 29.5 Å². The van der Waals surface area contributed by atoms with Crippen molar-refractivity contribution in [2.45, 2.75) is 33.1 Å². The standard InChI is InChI=1S/C27H24N4OS2/c1-16-12-13-19-23(14-16)34-27(24(19)26-29-21-10-6-7-11-22(21)33-26)30-25(32)20-15-28-31(17(20)2)18-8-4-3-5-9-18/h3-11,15-16H,12-14H2,1-2H3,(H,30,32). The first-order chi connectivity index (χ1) is 16.6. The van der Waals surface area contributed by atoms with Crippen molar-refractivity contribution in [2.75, 3.05) is 5.32 Å². The highest BCUT2D eigenvalue weighted by atomic mass is 32.1. The molecular weight excluding hydrogens is 460 g/mol. The van der Waals surface area contributed by atoms with Gasteiger partial charge in [-0.25, -0.2) is 9.67 Å². The van der Waals surface area contributed by atoms with Gasteiger partial charge in [0.15, 0.2) is 0 Å². The summed E-state index contributed by atoms with van der Waals surface area (Å²) in [7, 11) is 0. The Morgan fingerprint density at radius 1 is 1.09 bits per heavy atom. The van der Waals surface area contributed by atoms with Crippen molar-refractivity contribution in [2.24, 2.45) is 5.92 Å². The second kappa shape index (κ2) is 8.49. The summed E-state index contributed by atoms with van der Waals surface area (Å²) in [5, 5.41) is 9.61. The second-order valence-corrected chi connectivity index (χ2v) is 11.0. The number of thiazole rings is 1. The third-order valence-corrected chi connectivity index (χ3v) is 8.73. The van der Waals surface area contributed by atoms with Gasteiger partial charge in [0.25, 0.3) is 5.91 Å². The molecule has 34 heavy (non-hydrogen) atoms. The summed E-state index contributed by atoms with van der Waals surface area (Å²) < 4.78 is 2.98. The molecule has 1 unspecified atom stereocenters. The zero-order chi connectivity index (χ0) is 23.2. The first-order valence-corrected chi connectivity index (χ1v) is 13.1. The van der Waals surface area contributed by atoms with Crippen LogP contribution >= 0.6 is 22.7 Å². The number of para-hydroxylation sites is 2. The molecule has 0 aliphatic heterocycles. The molecule has 0 radical (unpaired) electrons. The molecule has 1 atom stereocenters. The number of amides is 1. The van der Waals surface area contributed by atoms with Gasteiger partial charge in [0.1, 0.15) is 10.0 Å². The Morgan fingerprint density at radius 2 is 1.88 bits per heavy atom. The number of benzene rings is 2. The van der Waals surface area contributed by atoms with Crippen LogP contribution in [0.1, 0.15) is 39.8 Å². The number of hydrogen-bond donors (Lipinski definition) is 1. The Balaban J connectivity index is 1.40. The summed E-state index contributed by atoms with van der Waals surface area (Å²) >= 11 is 3.41. The first-order valence-electron chi connectivity index (χ1n) is 11.5. The molecule has 6 rings (SSSR count). The zero-order valence-electron chi connectivity index (χ0n) is 19.0. The van der Waals surface area contributed by atoms with Gasteiger partial charge in [-0.05, 0) is 61.9 Å². The molecule has 0 bridgehead atoms. The maximum absolute atomic E-state index is 13.4. The molecule has 0 saturated heterocycles. The normalized spacial score (nSPS) is 15.4. The number of thiophene rings is 1. The zero-order valence-corrected chi connectivity index (χ0v) is 20.7. The second-order valence-electron chi connectivity index (χ2n) is 8.89. The Morgan fingerprint density at radius 3 is 2.71 bits per heavy atom. The van der Waals surface area contributed by atoms with Gasteiger partial charge in [0, 0.05) is 10.4 Å². The van der Waals surface area contributed by atoms with Gasteiger partial charge in [-0.2, -0.15) is 5.10 Å². The van der Waals surface area contributed by atoms with Crippen molar-refractivity contribution in [3.8, 4) is 16.3 Å². The molecule has 1 aliphatic carbocycles. The topological polar surface area (TPSA) is 59.8 Å². The van der Waals surface area contributed by atoms with Gasteiger partial charge in [-0.15, -0.1) is 22.7 Å². The van der Waals surface area contributed by atoms with Crippen LogP contribution in [0, 0.1) is 12.8 Å². The smallest absolute Gasteiger partial charge is 0.259 e. The fourth-order valence-corrected chi connectivity index (χ4v) is 7.19. The number of rotatable bonds is 4. The van der Waals surface area contributed by atoms with E-state index in [4.69, 9.17) is 4.98 Å². The maximum Gasteiger partial charge on any atom is 0.259 e. The van der Waals surface area contributed by atoms with Crippen molar-refractivity contribution in [3.05, 3.63) is 82.5 Å². The van der Waals surface area contributed by atoms with Crippen LogP contribution in [0.3, 0.4) is 0 Å². The number of carbonyl (C=O) groups is 1. The van der Waals surface area contributed by atoms with Crippen LogP contribution in [0.5, 0.6) is 0 Å². The van der Waals surface area contributed by atoms with E-state index in [0.717, 1.165) is 51.7 Å². The maximum atomic E-state index is 13.4. The predicted molar refractivity (Wildman–Crippen MR) is 140 cm³/mol. The molecule has 3 heterocycles. The fourth-order valence-electron chi connectivity index (χ4n) is 4.68. The number of anilines is 1. The van der Waals surface area contributed by atoms with Crippen LogP contribution in [0.4, 0.5) is 5.00 Å². The minimum Gasteiger partial charge on any atom is -0.313 e. The Kier molecular flexibility index (Phi) is 5.31. The highest BCUT2D eigenvalue weighted by Crippen LogP contribution is 2.47. The summed E-state index contributed by atoms with van der Waals surface area (Å²) in [6, 6.07) is 18.1. The number of fused-ring (bicyclic) bond motifs is 2. The summed E-state index contributed by atoms with van der Waals surface area (Å²) in [5.74, 6) is 0.526. The monoisotopic (exact) mass is 484 g/mol. The minimum atomic E-state index is -0.131. The Labute approximate surface area is 206 Å². The van der Waals surface area contributed by atoms with Crippen LogP contribution < -0.4 is 5.32 Å². The molecule has 1 aliphatic rings. The number of nitrogens with one attached hydrogen (secondary N) is 1. The molecular formula is C27H24N4OS2. The van der Waals surface area contributed by atoms with Gasteiger partial charge in [-0.1, -0.05) is 37.3 Å². The van der Waals surface area contributed by atoms with Gasteiger partial charge in [0.2, 0.25) is 0 Å². The van der Waals surface area contributed by atoms with Crippen LogP contribution in [-0.4, -0.2) is 20.7 Å². The molecule has 5 aromatic rings. The van der Waals surface area contributed by atoms with E-state index in [-0.39, 0.29) is 5.91 Å². The average Bonchev–Trinajstić information content (AvgIpc) is 3.53. The summed E-state index contributed by atoms with van der Waals surface area (Å²) in [6.45, 7) is 4.24. The van der Waals surface area contributed by atoms with E-state index in [0.29, 0.717) is 11.5 Å². The predicted octanol–water partition coefficient (Wildman–Crippen LogP) is 6.90. The van der Waals surface area contributed by atoms with Crippen LogP contribution in [0.25, 0.3) is 26.5 Å². The first kappa shape index (κ1) is 21.3. The fraction of sp³-hybridized carbons (Fsp3) is 0.222. The number of hydrogen-bond acceptors (Lipinski definition) is 5. The van der Waals surface area contributed by atoms with Crippen molar-refractivity contribution in [1.29, 1.82) is 0 Å². The highest BCUT2D eigenvalue weighted by molar-refractivity contribution is 7.23. The van der Waals surface area contributed by atoms with Crippen LogP contribution in [0.2, 0.25) is 0 Å². The molecule has 7 heteroatoms. The highest BCUT2D eigenvalue weighted by Gasteiger charge is 2.28. The summed E-state index contributed by atoms with van der Waals surface area (Å²) in [4.78, 5) is 19.8. The van der Waals surface area contributed by atoms with Gasteiger partial charge in [0.05, 0.1) is 33.4 Å². The number of carbonyl (C=O) groups excluding carboxylic acids is 1. The van der Waals surface area contributed by atoms with E-state index < -0.39 is 0 Å². The van der Waals surface area contributed by atoms with Crippen molar-refractivity contribution in [3.63, 3.8) is 0 Å². The lowest BCUT2D eigenvalue weighted by atomic mass is 9.88. The Bertz CT molecular complexity index is 1480. The van der Waals surface area contributed by atoms with Crippen LogP contribution in [-0.2, 0) is 12.8 Å². The van der Waals surface area contributed by atoms with E-state index in [1.54, 1.807) is 28.9 Å². The SMILES string of the molecule is Cc1c(C(=O)Nc2sc3c(c2-c2nc4ccccc4s2)CCC(C)C3)cnn1-c1ccccc1. The molecule has 1 amide bonds. The number of nitrogens with zero attached hydrogens (tertiary/aromatic N) is 3. The van der Waals surface area contributed by atoms with Gasteiger partial charge >= 0.3 is 0 Å². The molecule has 5 nitrogen and oxygen atoms in total. The number of aromatic nitrogens is 3. The molecule has 0 saturated carbocycles. The average molecular weight is 485 g/mol. The third-order valence-electron chi connectivity index (χ3n) is 6.50. The summed E-state index contributed by atoms with van der Waals surface area (Å²) in [5.41, 5.74) is 5.81. The molecule has 0 fully saturated rings. The lowest BCUT2D eigenvalue weighted by Crippen LogP contribution is -2.13. The van der Waals surface area contributed by atoms with Gasteiger partial charge < -0.3 is 5.32 Å². The largest absolute Gasteiger partial charge is 0.313 e. The van der Waals surface area contributed by atoms with Gasteiger partial charge in [-0.3, -0.25) is 4.79 Å². The minimum absolute atomic E-state index is 0.131. The van der Waals surface area contributed by atoms with Crippen molar-refractivity contribution >= 4 is 43.8 Å². The van der Waals surface area contributed by atoms with Crippen molar-refractivity contribution < 1.29 is 4.79 Å². The lowest BCUT2D eigenvalue weighted by molar-refractivity contribution is 0.102. The molecule has 1 N–H and O–H groups in total. The van der Waals surface area contributed by atoms with Crippen LogP contribution in [0.15, 0.2) is 60.8 Å². The summed E-state index contributed by atoms with van der Waals surface area (Å²) in [6.07, 6.45) is 4.90. The van der Waals surface area contributed by atoms with E-state index >= 15 is 0 Å². The van der Waals surface area contributed by atoms with E-state index in [1.807, 2.05) is 54.1 Å². The lowest BCUT2D eigenvalue weighted by Gasteiger charge is -2.18. The molecule has 0 spiro atoms. The molecule has 170 valence electrons. The molecule has 2 aromatic carbocycles. The van der Waals surface area contributed by atoms with E-state index in [9.17, 15) is 4.79 Å². The van der Waals surface area contributed by atoms with E-state index in [1.165, 1.54) is 15.1 Å². The Hall–Kier alpha value is -3.29. The van der Waals surface area contributed by atoms with Crippen molar-refractivity contribution in [1.82, 2.24) is 14.8 Å². The molecule has 3 aromatic heterocycles. The third kappa shape index (κ3) is 3.65. The quantitative estimate of drug-likeness (QED) is 0.302.